The second kappa shape index (κ2) is 8.50. The molecular weight excluding hydrogens is 244 g/mol. The Hall–Kier alpha value is -1.59. The van der Waals surface area contributed by atoms with Crippen LogP contribution in [0.1, 0.15) is 13.8 Å². The molecule has 5 nitrogen and oxygen atoms in total. The highest BCUT2D eigenvalue weighted by molar-refractivity contribution is 5.92. The van der Waals surface area contributed by atoms with Crippen molar-refractivity contribution in [1.82, 2.24) is 4.90 Å². The highest BCUT2D eigenvalue weighted by Gasteiger charge is 2.08. The number of likely N-dealkylation sites (N-methyl/N-ethyl adjacent to an activating group) is 1. The normalized spacial score (nSPS) is 10.5. The number of carbonyl (C=O) groups is 1. The van der Waals surface area contributed by atoms with E-state index in [-0.39, 0.29) is 19.1 Å². The molecule has 1 rings (SSSR count). The lowest BCUT2D eigenvalue weighted by Gasteiger charge is -2.18. The molecule has 5 heteroatoms. The van der Waals surface area contributed by atoms with Gasteiger partial charge in [-0.15, -0.1) is 0 Å². The van der Waals surface area contributed by atoms with Crippen LogP contribution in [0, 0.1) is 0 Å². The first kappa shape index (κ1) is 15.5. The number of rotatable bonds is 8. The van der Waals surface area contributed by atoms with Crippen LogP contribution in [-0.2, 0) is 4.79 Å². The van der Waals surface area contributed by atoms with Gasteiger partial charge in [-0.2, -0.15) is 0 Å². The summed E-state index contributed by atoms with van der Waals surface area (Å²) in [7, 11) is 0. The summed E-state index contributed by atoms with van der Waals surface area (Å²) in [5, 5.41) is 11.7. The van der Waals surface area contributed by atoms with Crippen molar-refractivity contribution in [3.63, 3.8) is 0 Å². The van der Waals surface area contributed by atoms with E-state index in [9.17, 15) is 4.79 Å². The molecule has 0 aliphatic rings. The van der Waals surface area contributed by atoms with Crippen LogP contribution in [0.2, 0.25) is 0 Å². The number of carbonyl (C=O) groups excluding carboxylic acids is 1. The van der Waals surface area contributed by atoms with E-state index in [0.717, 1.165) is 18.0 Å². The molecule has 19 heavy (non-hydrogen) atoms. The predicted molar refractivity (Wildman–Crippen MR) is 75.4 cm³/mol. The van der Waals surface area contributed by atoms with E-state index in [1.807, 2.05) is 43.0 Å². The average molecular weight is 266 g/mol. The SMILES string of the molecule is CCOc1ccc(NC(=O)CN(CC)CCO)cc1. The van der Waals surface area contributed by atoms with Crippen LogP contribution in [0.3, 0.4) is 0 Å². The minimum absolute atomic E-state index is 0.0597. The molecule has 0 bridgehead atoms. The van der Waals surface area contributed by atoms with E-state index in [2.05, 4.69) is 5.32 Å². The number of nitrogens with one attached hydrogen (secondary N) is 1. The third kappa shape index (κ3) is 5.72. The van der Waals surface area contributed by atoms with Crippen LogP contribution in [0.5, 0.6) is 5.75 Å². The van der Waals surface area contributed by atoms with Gasteiger partial charge in [0.1, 0.15) is 5.75 Å². The van der Waals surface area contributed by atoms with Crippen LogP contribution in [0.15, 0.2) is 24.3 Å². The summed E-state index contributed by atoms with van der Waals surface area (Å²) in [5.41, 5.74) is 0.744. The predicted octanol–water partition coefficient (Wildman–Crippen LogP) is 1.34. The van der Waals surface area contributed by atoms with E-state index < -0.39 is 0 Å². The highest BCUT2D eigenvalue weighted by atomic mass is 16.5. The van der Waals surface area contributed by atoms with E-state index in [1.54, 1.807) is 0 Å². The van der Waals surface area contributed by atoms with Crippen molar-refractivity contribution < 1.29 is 14.6 Å². The molecule has 0 aliphatic carbocycles. The standard InChI is InChI=1S/C14H22N2O3/c1-3-16(9-10-17)11-14(18)15-12-5-7-13(8-6-12)19-4-2/h5-8,17H,3-4,9-11H2,1-2H3,(H,15,18). The molecule has 1 amide bonds. The summed E-state index contributed by atoms with van der Waals surface area (Å²) in [6, 6.07) is 7.27. The lowest BCUT2D eigenvalue weighted by molar-refractivity contribution is -0.117. The number of aliphatic hydroxyl groups is 1. The molecule has 2 N–H and O–H groups in total. The molecule has 0 heterocycles. The zero-order chi connectivity index (χ0) is 14.1. The van der Waals surface area contributed by atoms with Gasteiger partial charge in [-0.05, 0) is 37.7 Å². The molecule has 0 unspecified atom stereocenters. The Morgan fingerprint density at radius 2 is 2.00 bits per heavy atom. The molecule has 0 radical (unpaired) electrons. The largest absolute Gasteiger partial charge is 0.494 e. The molecule has 1 aromatic rings. The molecular formula is C14H22N2O3. The Kier molecular flexibility index (Phi) is 6.92. The number of ether oxygens (including phenoxy) is 1. The van der Waals surface area contributed by atoms with Gasteiger partial charge in [-0.3, -0.25) is 9.69 Å². The summed E-state index contributed by atoms with van der Waals surface area (Å²) in [5.74, 6) is 0.704. The van der Waals surface area contributed by atoms with Gasteiger partial charge >= 0.3 is 0 Å². The molecule has 0 atom stereocenters. The second-order valence-electron chi connectivity index (χ2n) is 4.10. The maximum Gasteiger partial charge on any atom is 0.238 e. The number of anilines is 1. The van der Waals surface area contributed by atoms with E-state index >= 15 is 0 Å². The molecule has 0 saturated carbocycles. The number of nitrogens with zero attached hydrogens (tertiary/aromatic N) is 1. The summed E-state index contributed by atoms with van der Waals surface area (Å²) in [6.07, 6.45) is 0. The number of aliphatic hydroxyl groups excluding tert-OH is 1. The van der Waals surface area contributed by atoms with Gasteiger partial charge in [0.25, 0.3) is 0 Å². The second-order valence-corrected chi connectivity index (χ2v) is 4.10. The quantitative estimate of drug-likeness (QED) is 0.745. The Morgan fingerprint density at radius 1 is 1.32 bits per heavy atom. The third-order valence-corrected chi connectivity index (χ3v) is 2.68. The van der Waals surface area contributed by atoms with E-state index in [4.69, 9.17) is 9.84 Å². The number of benzene rings is 1. The first-order chi connectivity index (χ1) is 9.19. The van der Waals surface area contributed by atoms with Crippen LogP contribution in [0.25, 0.3) is 0 Å². The highest BCUT2D eigenvalue weighted by Crippen LogP contribution is 2.15. The van der Waals surface area contributed by atoms with E-state index in [1.165, 1.54) is 0 Å². The first-order valence-electron chi connectivity index (χ1n) is 6.55. The van der Waals surface area contributed by atoms with Crippen LogP contribution >= 0.6 is 0 Å². The number of hydrogen-bond acceptors (Lipinski definition) is 4. The summed E-state index contributed by atoms with van der Waals surface area (Å²) < 4.78 is 5.33. The number of amides is 1. The maximum absolute atomic E-state index is 11.8. The van der Waals surface area contributed by atoms with Crippen molar-refractivity contribution in [2.24, 2.45) is 0 Å². The van der Waals surface area contributed by atoms with Gasteiger partial charge in [0.05, 0.1) is 19.8 Å². The van der Waals surface area contributed by atoms with Crippen LogP contribution < -0.4 is 10.1 Å². The lowest BCUT2D eigenvalue weighted by atomic mass is 10.3. The zero-order valence-corrected chi connectivity index (χ0v) is 11.6. The molecule has 0 saturated heterocycles. The lowest BCUT2D eigenvalue weighted by Crippen LogP contribution is -2.35. The molecule has 0 spiro atoms. The Balaban J connectivity index is 2.47. The zero-order valence-electron chi connectivity index (χ0n) is 11.6. The molecule has 0 aliphatic heterocycles. The molecule has 1 aromatic carbocycles. The van der Waals surface area contributed by atoms with Crippen molar-refractivity contribution in [2.45, 2.75) is 13.8 Å². The Morgan fingerprint density at radius 3 is 2.53 bits per heavy atom. The first-order valence-corrected chi connectivity index (χ1v) is 6.55. The monoisotopic (exact) mass is 266 g/mol. The van der Waals surface area contributed by atoms with Gasteiger partial charge in [-0.1, -0.05) is 6.92 Å². The topological polar surface area (TPSA) is 61.8 Å². The van der Waals surface area contributed by atoms with Crippen molar-refractivity contribution in [3.8, 4) is 5.75 Å². The smallest absolute Gasteiger partial charge is 0.238 e. The fraction of sp³-hybridized carbons (Fsp3) is 0.500. The fourth-order valence-corrected chi connectivity index (χ4v) is 1.70. The van der Waals surface area contributed by atoms with E-state index in [0.29, 0.717) is 13.2 Å². The van der Waals surface area contributed by atoms with Gasteiger partial charge in [0.2, 0.25) is 5.91 Å². The summed E-state index contributed by atoms with van der Waals surface area (Å²) in [4.78, 5) is 13.7. The minimum atomic E-state index is -0.0838. The third-order valence-electron chi connectivity index (χ3n) is 2.68. The van der Waals surface area contributed by atoms with Crippen LogP contribution in [0.4, 0.5) is 5.69 Å². The van der Waals surface area contributed by atoms with Gasteiger partial charge in [-0.25, -0.2) is 0 Å². The van der Waals surface area contributed by atoms with Crippen molar-refractivity contribution >= 4 is 11.6 Å². The van der Waals surface area contributed by atoms with Crippen molar-refractivity contribution in [1.29, 1.82) is 0 Å². The summed E-state index contributed by atoms with van der Waals surface area (Å²) in [6.45, 7) is 6.09. The molecule has 106 valence electrons. The molecule has 0 aromatic heterocycles. The van der Waals surface area contributed by atoms with Crippen molar-refractivity contribution in [3.05, 3.63) is 24.3 Å². The molecule has 0 fully saturated rings. The van der Waals surface area contributed by atoms with Gasteiger partial charge in [0, 0.05) is 12.2 Å². The minimum Gasteiger partial charge on any atom is -0.494 e. The van der Waals surface area contributed by atoms with Crippen molar-refractivity contribution in [2.75, 3.05) is 38.2 Å². The average Bonchev–Trinajstić information content (AvgIpc) is 2.41. The van der Waals surface area contributed by atoms with Gasteiger partial charge in [0.15, 0.2) is 0 Å². The Bertz CT molecular complexity index is 379. The van der Waals surface area contributed by atoms with Gasteiger partial charge < -0.3 is 15.2 Å². The van der Waals surface area contributed by atoms with Crippen LogP contribution in [-0.4, -0.2) is 48.8 Å². The number of hydrogen-bond donors (Lipinski definition) is 2. The summed E-state index contributed by atoms with van der Waals surface area (Å²) >= 11 is 0. The Labute approximate surface area is 114 Å². The fourth-order valence-electron chi connectivity index (χ4n) is 1.70. The maximum atomic E-state index is 11.8.